The molecule has 0 amide bonds. The zero-order chi connectivity index (χ0) is 14.0. The van der Waals surface area contributed by atoms with Gasteiger partial charge in [-0.1, -0.05) is 0 Å². The third-order valence-electron chi connectivity index (χ3n) is 2.74. The lowest BCUT2D eigenvalue weighted by atomic mass is 10.1. The van der Waals surface area contributed by atoms with E-state index in [2.05, 4.69) is 10.3 Å². The molecule has 0 saturated heterocycles. The summed E-state index contributed by atoms with van der Waals surface area (Å²) in [5.74, 6) is -0.773. The van der Waals surface area contributed by atoms with E-state index in [1.165, 1.54) is 16.8 Å². The minimum Gasteiger partial charge on any atom is -0.478 e. The summed E-state index contributed by atoms with van der Waals surface area (Å²) in [5, 5.41) is 11.8. The number of rotatable bonds is 3. The number of aromatic carboxylic acids is 1. The molecule has 0 aliphatic rings. The SMILES string of the molecule is Cc1cc(Nc2nccn(C)c2=O)ccc1C(=O)O. The number of hydrogen-bond donors (Lipinski definition) is 2. The van der Waals surface area contributed by atoms with Crippen molar-refractivity contribution in [3.63, 3.8) is 0 Å². The van der Waals surface area contributed by atoms with Crippen molar-refractivity contribution in [1.82, 2.24) is 9.55 Å². The van der Waals surface area contributed by atoms with Crippen molar-refractivity contribution in [2.24, 2.45) is 7.05 Å². The van der Waals surface area contributed by atoms with Crippen molar-refractivity contribution < 1.29 is 9.90 Å². The fraction of sp³-hybridized carbons (Fsp3) is 0.154. The molecule has 1 aromatic heterocycles. The number of nitrogens with one attached hydrogen (secondary N) is 1. The molecule has 0 spiro atoms. The molecule has 0 aliphatic heterocycles. The van der Waals surface area contributed by atoms with Crippen LogP contribution < -0.4 is 10.9 Å². The van der Waals surface area contributed by atoms with Gasteiger partial charge in [-0.2, -0.15) is 0 Å². The summed E-state index contributed by atoms with van der Waals surface area (Å²) in [6.45, 7) is 1.70. The van der Waals surface area contributed by atoms with Gasteiger partial charge in [0.25, 0.3) is 5.56 Å². The lowest BCUT2D eigenvalue weighted by Crippen LogP contribution is -2.20. The average molecular weight is 259 g/mol. The van der Waals surface area contributed by atoms with Crippen LogP contribution in [0.25, 0.3) is 0 Å². The first-order valence-electron chi connectivity index (χ1n) is 5.61. The molecule has 98 valence electrons. The Bertz CT molecular complexity index is 692. The van der Waals surface area contributed by atoms with Gasteiger partial charge in [0, 0.05) is 25.1 Å². The molecular weight excluding hydrogens is 246 g/mol. The normalized spacial score (nSPS) is 10.2. The summed E-state index contributed by atoms with van der Waals surface area (Å²) in [6.07, 6.45) is 3.08. The Hall–Kier alpha value is -2.63. The molecule has 0 radical (unpaired) electrons. The summed E-state index contributed by atoms with van der Waals surface area (Å²) in [5.41, 5.74) is 1.23. The van der Waals surface area contributed by atoms with Crippen LogP contribution in [-0.4, -0.2) is 20.6 Å². The van der Waals surface area contributed by atoms with E-state index in [1.54, 1.807) is 32.3 Å². The monoisotopic (exact) mass is 259 g/mol. The molecule has 0 bridgehead atoms. The van der Waals surface area contributed by atoms with Crippen LogP contribution in [-0.2, 0) is 7.05 Å². The number of aromatic nitrogens is 2. The van der Waals surface area contributed by atoms with Crippen LogP contribution in [0.3, 0.4) is 0 Å². The first kappa shape index (κ1) is 12.8. The predicted octanol–water partition coefficient (Wildman–Crippen LogP) is 1.53. The molecule has 0 atom stereocenters. The second-order valence-electron chi connectivity index (χ2n) is 4.15. The van der Waals surface area contributed by atoms with Gasteiger partial charge >= 0.3 is 5.97 Å². The van der Waals surface area contributed by atoms with E-state index < -0.39 is 5.97 Å². The lowest BCUT2D eigenvalue weighted by molar-refractivity contribution is 0.0696. The maximum absolute atomic E-state index is 11.8. The first-order chi connectivity index (χ1) is 8.99. The van der Waals surface area contributed by atoms with E-state index >= 15 is 0 Å². The van der Waals surface area contributed by atoms with Crippen molar-refractivity contribution in [3.8, 4) is 0 Å². The van der Waals surface area contributed by atoms with Crippen molar-refractivity contribution in [1.29, 1.82) is 0 Å². The highest BCUT2D eigenvalue weighted by molar-refractivity contribution is 5.90. The van der Waals surface area contributed by atoms with E-state index in [4.69, 9.17) is 5.11 Å². The second-order valence-corrected chi connectivity index (χ2v) is 4.15. The molecule has 1 aromatic carbocycles. The van der Waals surface area contributed by atoms with Gasteiger partial charge in [-0.25, -0.2) is 9.78 Å². The number of nitrogens with zero attached hydrogens (tertiary/aromatic N) is 2. The van der Waals surface area contributed by atoms with Gasteiger partial charge in [-0.05, 0) is 30.7 Å². The molecule has 0 aliphatic carbocycles. The maximum Gasteiger partial charge on any atom is 0.335 e. The summed E-state index contributed by atoms with van der Waals surface area (Å²) in [7, 11) is 1.63. The van der Waals surface area contributed by atoms with E-state index in [-0.39, 0.29) is 16.9 Å². The smallest absolute Gasteiger partial charge is 0.335 e. The lowest BCUT2D eigenvalue weighted by Gasteiger charge is -2.08. The highest BCUT2D eigenvalue weighted by Gasteiger charge is 2.08. The minimum absolute atomic E-state index is 0.201. The van der Waals surface area contributed by atoms with Crippen LogP contribution >= 0.6 is 0 Å². The largest absolute Gasteiger partial charge is 0.478 e. The molecule has 0 saturated carbocycles. The Morgan fingerprint density at radius 1 is 1.42 bits per heavy atom. The van der Waals surface area contributed by atoms with Gasteiger partial charge in [0.15, 0.2) is 5.82 Å². The summed E-state index contributed by atoms with van der Waals surface area (Å²) in [4.78, 5) is 26.6. The van der Waals surface area contributed by atoms with E-state index in [0.717, 1.165) is 0 Å². The highest BCUT2D eigenvalue weighted by Crippen LogP contribution is 2.17. The number of benzene rings is 1. The van der Waals surface area contributed by atoms with Crippen LogP contribution in [0.15, 0.2) is 35.4 Å². The number of aryl methyl sites for hydroxylation is 2. The highest BCUT2D eigenvalue weighted by atomic mass is 16.4. The number of anilines is 2. The summed E-state index contributed by atoms with van der Waals surface area (Å²) >= 11 is 0. The Morgan fingerprint density at radius 2 is 2.16 bits per heavy atom. The molecule has 1 heterocycles. The van der Waals surface area contributed by atoms with E-state index in [0.29, 0.717) is 11.3 Å². The van der Waals surface area contributed by atoms with Gasteiger partial charge in [-0.3, -0.25) is 4.79 Å². The van der Waals surface area contributed by atoms with Gasteiger partial charge < -0.3 is 15.0 Å². The van der Waals surface area contributed by atoms with Gasteiger partial charge in [-0.15, -0.1) is 0 Å². The molecule has 6 nitrogen and oxygen atoms in total. The second kappa shape index (κ2) is 4.93. The Balaban J connectivity index is 2.34. The molecular formula is C13H13N3O3. The van der Waals surface area contributed by atoms with Crippen molar-refractivity contribution in [3.05, 3.63) is 52.1 Å². The molecule has 2 aromatic rings. The number of carbonyl (C=O) groups is 1. The van der Waals surface area contributed by atoms with Gasteiger partial charge in [0.1, 0.15) is 0 Å². The van der Waals surface area contributed by atoms with Gasteiger partial charge in [0.05, 0.1) is 5.56 Å². The Labute approximate surface area is 109 Å². The first-order valence-corrected chi connectivity index (χ1v) is 5.61. The van der Waals surface area contributed by atoms with Gasteiger partial charge in [0.2, 0.25) is 0 Å². The Kier molecular flexibility index (Phi) is 3.33. The number of carboxylic acid groups (broad SMARTS) is 1. The summed E-state index contributed by atoms with van der Waals surface area (Å²) < 4.78 is 1.41. The zero-order valence-corrected chi connectivity index (χ0v) is 10.5. The number of hydrogen-bond acceptors (Lipinski definition) is 4. The molecule has 6 heteroatoms. The third-order valence-corrected chi connectivity index (χ3v) is 2.74. The fourth-order valence-electron chi connectivity index (χ4n) is 1.70. The standard InChI is InChI=1S/C13H13N3O3/c1-8-7-9(3-4-10(8)13(18)19)15-11-12(17)16(2)6-5-14-11/h3-7H,1-2H3,(H,14,15)(H,18,19). The number of carboxylic acids is 1. The zero-order valence-electron chi connectivity index (χ0n) is 10.5. The summed E-state index contributed by atoms with van der Waals surface area (Å²) in [6, 6.07) is 4.76. The van der Waals surface area contributed by atoms with Crippen LogP contribution in [0, 0.1) is 6.92 Å². The quantitative estimate of drug-likeness (QED) is 0.873. The van der Waals surface area contributed by atoms with Crippen LogP contribution in [0.2, 0.25) is 0 Å². The minimum atomic E-state index is -0.974. The van der Waals surface area contributed by atoms with E-state index in [1.807, 2.05) is 0 Å². The fourth-order valence-corrected chi connectivity index (χ4v) is 1.70. The van der Waals surface area contributed by atoms with Crippen LogP contribution in [0.1, 0.15) is 15.9 Å². The maximum atomic E-state index is 11.8. The molecule has 2 rings (SSSR count). The molecule has 19 heavy (non-hydrogen) atoms. The molecule has 0 fully saturated rings. The average Bonchev–Trinajstić information content (AvgIpc) is 2.34. The van der Waals surface area contributed by atoms with Crippen molar-refractivity contribution in [2.75, 3.05) is 5.32 Å². The van der Waals surface area contributed by atoms with Crippen LogP contribution in [0.4, 0.5) is 11.5 Å². The molecule has 2 N–H and O–H groups in total. The van der Waals surface area contributed by atoms with Crippen molar-refractivity contribution in [2.45, 2.75) is 6.92 Å². The topological polar surface area (TPSA) is 84.2 Å². The third kappa shape index (κ3) is 2.62. The molecule has 0 unspecified atom stereocenters. The van der Waals surface area contributed by atoms with Crippen molar-refractivity contribution >= 4 is 17.5 Å². The van der Waals surface area contributed by atoms with E-state index in [9.17, 15) is 9.59 Å². The van der Waals surface area contributed by atoms with Crippen LogP contribution in [0.5, 0.6) is 0 Å². The predicted molar refractivity (Wildman–Crippen MR) is 70.9 cm³/mol. The Morgan fingerprint density at radius 3 is 2.79 bits per heavy atom.